The van der Waals surface area contributed by atoms with Crippen LogP contribution >= 0.6 is 0 Å². The summed E-state index contributed by atoms with van der Waals surface area (Å²) >= 11 is -2.13. The van der Waals surface area contributed by atoms with Gasteiger partial charge in [0.2, 0.25) is 5.91 Å². The van der Waals surface area contributed by atoms with Crippen LogP contribution in [0.25, 0.3) is 0 Å². The van der Waals surface area contributed by atoms with Crippen molar-refractivity contribution in [1.29, 1.82) is 0 Å². The first kappa shape index (κ1) is 24.3. The third-order valence-corrected chi connectivity index (χ3v) is 5.14. The summed E-state index contributed by atoms with van der Waals surface area (Å²) in [6, 6.07) is 13.4. The van der Waals surface area contributed by atoms with Gasteiger partial charge in [-0.25, -0.2) is 4.21 Å². The summed E-state index contributed by atoms with van der Waals surface area (Å²) in [5, 5.41) is 12.7. The summed E-state index contributed by atoms with van der Waals surface area (Å²) in [4.78, 5) is 17.4. The van der Waals surface area contributed by atoms with Crippen LogP contribution in [0, 0.1) is 0 Å². The van der Waals surface area contributed by atoms with Crippen molar-refractivity contribution in [2.24, 2.45) is 4.99 Å². The average molecular weight is 444 g/mol. The molecular weight excluding hydrogens is 414 g/mol. The highest BCUT2D eigenvalue weighted by Crippen LogP contribution is 2.15. The van der Waals surface area contributed by atoms with Gasteiger partial charge < -0.3 is 10.4 Å². The Morgan fingerprint density at radius 1 is 1.19 bits per heavy atom. The van der Waals surface area contributed by atoms with E-state index in [0.717, 1.165) is 29.0 Å². The summed E-state index contributed by atoms with van der Waals surface area (Å²) in [6.07, 6.45) is 3.40. The van der Waals surface area contributed by atoms with Gasteiger partial charge in [-0.15, -0.1) is 0 Å². The van der Waals surface area contributed by atoms with Crippen LogP contribution in [0.4, 0.5) is 5.69 Å². The number of rotatable bonds is 10. The second-order valence-electron chi connectivity index (χ2n) is 7.11. The lowest BCUT2D eigenvalue weighted by Crippen LogP contribution is -2.42. The normalized spacial score (nSPS) is 14.1. The van der Waals surface area contributed by atoms with Gasteiger partial charge in [-0.2, -0.15) is 0 Å². The molecule has 0 bridgehead atoms. The van der Waals surface area contributed by atoms with Crippen LogP contribution in [-0.2, 0) is 28.9 Å². The molecule has 0 aliphatic carbocycles. The molecule has 166 valence electrons. The standard InChI is InChI=1S/C23H29N3O4S/c1-4-19(5-2)24-16(3)22(14-17-9-11-20(12-10-17)26-31(29)30)25-23(28)15-18-7-6-8-21(27)13-18/h4,6-13,22,26-27H,5,14-15H2,1-3H3,(H,25,28)(H,29,30)/b19-4-,24-16?/t22-/m0/s1. The van der Waals surface area contributed by atoms with E-state index in [4.69, 9.17) is 4.55 Å². The zero-order valence-corrected chi connectivity index (χ0v) is 18.8. The molecule has 0 heterocycles. The monoisotopic (exact) mass is 443 g/mol. The Hall–Kier alpha value is -2.97. The molecule has 2 aromatic rings. The highest BCUT2D eigenvalue weighted by molar-refractivity contribution is 7.80. The number of phenols is 1. The number of anilines is 1. The highest BCUT2D eigenvalue weighted by atomic mass is 32.2. The minimum absolute atomic E-state index is 0.123. The summed E-state index contributed by atoms with van der Waals surface area (Å²) in [5.41, 5.74) is 3.93. The molecule has 0 aliphatic rings. The number of aliphatic imine (C=N–C) groups is 1. The summed E-state index contributed by atoms with van der Waals surface area (Å²) < 4.78 is 22.2. The number of aromatic hydroxyl groups is 1. The van der Waals surface area contributed by atoms with E-state index in [0.29, 0.717) is 12.1 Å². The maximum atomic E-state index is 12.7. The molecule has 0 aromatic heterocycles. The smallest absolute Gasteiger partial charge is 0.259 e. The van der Waals surface area contributed by atoms with Crippen molar-refractivity contribution in [2.75, 3.05) is 4.72 Å². The SMILES string of the molecule is C/C=C(/CC)N=C(C)[C@H](Cc1ccc(NS(=O)O)cc1)NC(=O)Cc1cccc(O)c1. The van der Waals surface area contributed by atoms with E-state index in [1.165, 1.54) is 0 Å². The number of nitrogens with zero attached hydrogens (tertiary/aromatic N) is 1. The van der Waals surface area contributed by atoms with Gasteiger partial charge >= 0.3 is 0 Å². The minimum atomic E-state index is -2.13. The Labute approximate surface area is 185 Å². The summed E-state index contributed by atoms with van der Waals surface area (Å²) in [7, 11) is 0. The molecule has 0 fully saturated rings. The van der Waals surface area contributed by atoms with Crippen LogP contribution in [0.5, 0.6) is 5.75 Å². The van der Waals surface area contributed by atoms with Gasteiger partial charge in [-0.1, -0.05) is 37.3 Å². The molecule has 2 rings (SSSR count). The van der Waals surface area contributed by atoms with E-state index in [2.05, 4.69) is 15.0 Å². The van der Waals surface area contributed by atoms with Crippen LogP contribution in [0.15, 0.2) is 65.3 Å². The Morgan fingerprint density at radius 2 is 1.90 bits per heavy atom. The molecule has 0 aliphatic heterocycles. The zero-order valence-electron chi connectivity index (χ0n) is 18.0. The number of phenolic OH excluding ortho intramolecular Hbond substituents is 1. The first-order valence-corrected chi connectivity index (χ1v) is 11.2. The number of carbonyl (C=O) groups excluding carboxylic acids is 1. The van der Waals surface area contributed by atoms with E-state index in [1.54, 1.807) is 36.4 Å². The van der Waals surface area contributed by atoms with E-state index in [1.807, 2.05) is 39.0 Å². The Kier molecular flexibility index (Phi) is 9.42. The van der Waals surface area contributed by atoms with Crippen LogP contribution in [0.3, 0.4) is 0 Å². The fraction of sp³-hybridized carbons (Fsp3) is 0.304. The molecule has 0 radical (unpaired) electrons. The van der Waals surface area contributed by atoms with Gasteiger partial charge in [-0.05, 0) is 62.1 Å². The molecule has 4 N–H and O–H groups in total. The predicted octanol–water partition coefficient (Wildman–Crippen LogP) is 3.99. The lowest BCUT2D eigenvalue weighted by molar-refractivity contribution is -0.120. The number of amides is 1. The molecule has 0 spiro atoms. The van der Waals surface area contributed by atoms with Crippen molar-refractivity contribution in [3.05, 3.63) is 71.4 Å². The first-order chi connectivity index (χ1) is 14.8. The predicted molar refractivity (Wildman–Crippen MR) is 125 cm³/mol. The molecule has 0 saturated heterocycles. The minimum Gasteiger partial charge on any atom is -0.508 e. The Balaban J connectivity index is 2.19. The van der Waals surface area contributed by atoms with Crippen molar-refractivity contribution in [3.8, 4) is 5.75 Å². The molecule has 1 unspecified atom stereocenters. The van der Waals surface area contributed by atoms with E-state index < -0.39 is 11.3 Å². The second-order valence-corrected chi connectivity index (χ2v) is 7.81. The Morgan fingerprint density at radius 3 is 2.48 bits per heavy atom. The highest BCUT2D eigenvalue weighted by Gasteiger charge is 2.17. The van der Waals surface area contributed by atoms with Gasteiger partial charge in [-0.3, -0.25) is 19.1 Å². The fourth-order valence-corrected chi connectivity index (χ4v) is 3.44. The number of benzene rings is 2. The van der Waals surface area contributed by atoms with E-state index in [-0.39, 0.29) is 24.1 Å². The van der Waals surface area contributed by atoms with E-state index in [9.17, 15) is 14.1 Å². The lowest BCUT2D eigenvalue weighted by Gasteiger charge is -2.20. The van der Waals surface area contributed by atoms with Gasteiger partial charge in [0.25, 0.3) is 11.3 Å². The van der Waals surface area contributed by atoms with Gasteiger partial charge in [0.1, 0.15) is 5.75 Å². The van der Waals surface area contributed by atoms with Gasteiger partial charge in [0.15, 0.2) is 0 Å². The van der Waals surface area contributed by atoms with Crippen molar-refractivity contribution in [3.63, 3.8) is 0 Å². The van der Waals surface area contributed by atoms with Crippen molar-refractivity contribution >= 4 is 28.6 Å². The lowest BCUT2D eigenvalue weighted by atomic mass is 10.0. The zero-order chi connectivity index (χ0) is 22.8. The molecule has 2 aromatic carbocycles. The maximum absolute atomic E-state index is 12.7. The van der Waals surface area contributed by atoms with Crippen molar-refractivity contribution in [2.45, 2.75) is 46.1 Å². The maximum Gasteiger partial charge on any atom is 0.259 e. The number of nitrogens with one attached hydrogen (secondary N) is 2. The quantitative estimate of drug-likeness (QED) is 0.329. The van der Waals surface area contributed by atoms with Crippen LogP contribution in [-0.4, -0.2) is 31.5 Å². The third-order valence-electron chi connectivity index (χ3n) is 4.73. The summed E-state index contributed by atoms with van der Waals surface area (Å²) in [6.45, 7) is 5.85. The van der Waals surface area contributed by atoms with Crippen LogP contribution in [0.2, 0.25) is 0 Å². The first-order valence-electron chi connectivity index (χ1n) is 10.0. The number of carbonyl (C=O) groups is 1. The topological polar surface area (TPSA) is 111 Å². The fourth-order valence-electron chi connectivity index (χ4n) is 3.10. The number of allylic oxidation sites excluding steroid dienone is 2. The molecule has 8 heteroatoms. The van der Waals surface area contributed by atoms with Crippen LogP contribution in [0.1, 0.15) is 38.3 Å². The molecule has 2 atom stereocenters. The molecular formula is C23H29N3O4S. The number of hydrogen-bond donors (Lipinski definition) is 4. The third kappa shape index (κ3) is 8.35. The molecule has 1 amide bonds. The van der Waals surface area contributed by atoms with Crippen molar-refractivity contribution < 1.29 is 18.7 Å². The summed E-state index contributed by atoms with van der Waals surface area (Å²) in [5.74, 6) is -0.0459. The molecule has 31 heavy (non-hydrogen) atoms. The molecule has 0 saturated carbocycles. The molecule has 7 nitrogen and oxygen atoms in total. The van der Waals surface area contributed by atoms with Crippen molar-refractivity contribution in [1.82, 2.24) is 5.32 Å². The average Bonchev–Trinajstić information content (AvgIpc) is 2.72. The van der Waals surface area contributed by atoms with Gasteiger partial charge in [0, 0.05) is 17.1 Å². The Bertz CT molecular complexity index is 971. The van der Waals surface area contributed by atoms with Gasteiger partial charge in [0.05, 0.1) is 12.5 Å². The number of hydrogen-bond acceptors (Lipinski definition) is 4. The van der Waals surface area contributed by atoms with E-state index >= 15 is 0 Å². The van der Waals surface area contributed by atoms with Crippen LogP contribution < -0.4 is 10.0 Å². The second kappa shape index (κ2) is 12.0. The largest absolute Gasteiger partial charge is 0.508 e.